The molecule has 0 fully saturated rings. The average Bonchev–Trinajstić information content (AvgIpc) is 2.32. The van der Waals surface area contributed by atoms with Gasteiger partial charge in [-0.05, 0) is 24.3 Å². The van der Waals surface area contributed by atoms with E-state index in [9.17, 15) is 15.3 Å². The monoisotopic (exact) mass is 243 g/mol. The molecule has 3 unspecified atom stereocenters. The molecule has 0 aromatic rings. The van der Waals surface area contributed by atoms with Crippen molar-refractivity contribution in [1.82, 2.24) is 0 Å². The number of quaternary nitrogens is 1. The van der Waals surface area contributed by atoms with Crippen LogP contribution in [0.1, 0.15) is 0 Å². The Morgan fingerprint density at radius 2 is 1.12 bits per heavy atom. The van der Waals surface area contributed by atoms with Crippen molar-refractivity contribution in [1.29, 1.82) is 0 Å². The minimum absolute atomic E-state index is 0. The fourth-order valence-corrected chi connectivity index (χ4v) is 1.61. The van der Waals surface area contributed by atoms with E-state index in [1.807, 2.05) is 0 Å². The lowest BCUT2D eigenvalue weighted by Crippen LogP contribution is -2.65. The first kappa shape index (κ1) is 18.1. The van der Waals surface area contributed by atoms with Crippen LogP contribution < -0.4 is 0 Å². The molecule has 0 heterocycles. The normalized spacial score (nSPS) is 18.8. The molecule has 4 N–H and O–H groups in total. The van der Waals surface area contributed by atoms with Crippen molar-refractivity contribution in [3.63, 3.8) is 0 Å². The minimum atomic E-state index is -1.15. The fraction of sp³-hybridized carbons (Fsp3) is 0.333. The molecule has 5 heteroatoms. The Balaban J connectivity index is 0. The molecule has 0 rings (SSSR count). The van der Waals surface area contributed by atoms with Crippen molar-refractivity contribution >= 4 is 0 Å². The van der Waals surface area contributed by atoms with E-state index in [1.54, 1.807) is 0 Å². The maximum absolute atomic E-state index is 9.89. The van der Waals surface area contributed by atoms with E-state index >= 15 is 0 Å². The molecule has 0 saturated carbocycles. The van der Waals surface area contributed by atoms with E-state index in [2.05, 4.69) is 26.3 Å². The second-order valence-corrected chi connectivity index (χ2v) is 3.41. The topological polar surface area (TPSA) is 90.7 Å². The Labute approximate surface area is 102 Å². The maximum Gasteiger partial charge on any atom is 0.215 e. The standard InChI is InChI=1S/C12H20NO3.H2O/c1-5-9-13(10(14)6-2,11(15)7-3)12(16)8-4;/h5-8,10-12,14-16H,1-4,9H2;1H2/q+1;/p-1. The lowest BCUT2D eigenvalue weighted by Gasteiger charge is -2.44. The van der Waals surface area contributed by atoms with Crippen LogP contribution in [-0.2, 0) is 0 Å². The fourth-order valence-electron chi connectivity index (χ4n) is 1.61. The number of rotatable bonds is 8. The summed E-state index contributed by atoms with van der Waals surface area (Å²) in [4.78, 5) is 0. The quantitative estimate of drug-likeness (QED) is 0.325. The first-order valence-electron chi connectivity index (χ1n) is 4.91. The van der Waals surface area contributed by atoms with Gasteiger partial charge in [-0.1, -0.05) is 26.3 Å². The Bertz CT molecular complexity index is 242. The third kappa shape index (κ3) is 3.36. The van der Waals surface area contributed by atoms with Gasteiger partial charge < -0.3 is 20.8 Å². The van der Waals surface area contributed by atoms with Crippen molar-refractivity contribution < 1.29 is 25.3 Å². The summed E-state index contributed by atoms with van der Waals surface area (Å²) in [5.41, 5.74) is 0. The molecule has 0 aliphatic carbocycles. The van der Waals surface area contributed by atoms with E-state index in [-0.39, 0.29) is 12.0 Å². The average molecular weight is 243 g/mol. The minimum Gasteiger partial charge on any atom is -0.870 e. The van der Waals surface area contributed by atoms with Gasteiger partial charge in [0, 0.05) is 0 Å². The molecule has 0 aromatic heterocycles. The second kappa shape index (κ2) is 7.94. The molecule has 17 heavy (non-hydrogen) atoms. The summed E-state index contributed by atoms with van der Waals surface area (Å²) in [7, 11) is 0. The van der Waals surface area contributed by atoms with Gasteiger partial charge in [0.25, 0.3) is 0 Å². The predicted octanol–water partition coefficient (Wildman–Crippen LogP) is 0.326. The van der Waals surface area contributed by atoms with Crippen molar-refractivity contribution in [2.45, 2.75) is 18.7 Å². The molecule has 0 amide bonds. The molecule has 5 nitrogen and oxygen atoms in total. The predicted molar refractivity (Wildman–Crippen MR) is 65.9 cm³/mol. The van der Waals surface area contributed by atoms with Gasteiger partial charge in [-0.25, -0.2) is 4.48 Å². The summed E-state index contributed by atoms with van der Waals surface area (Å²) < 4.78 is -0.472. The number of aliphatic hydroxyl groups is 3. The molecule has 0 saturated heterocycles. The van der Waals surface area contributed by atoms with E-state index in [0.717, 1.165) is 0 Å². The van der Waals surface area contributed by atoms with Crippen LogP contribution in [0.2, 0.25) is 0 Å². The maximum atomic E-state index is 9.89. The largest absolute Gasteiger partial charge is 0.870 e. The highest BCUT2D eigenvalue weighted by Crippen LogP contribution is 2.23. The van der Waals surface area contributed by atoms with Gasteiger partial charge in [0.15, 0.2) is 0 Å². The molecule has 0 aliphatic rings. The van der Waals surface area contributed by atoms with Gasteiger partial charge in [-0.15, -0.1) is 0 Å². The van der Waals surface area contributed by atoms with Crippen LogP contribution in [0.4, 0.5) is 0 Å². The van der Waals surface area contributed by atoms with Crippen LogP contribution in [0.5, 0.6) is 0 Å². The summed E-state index contributed by atoms with van der Waals surface area (Å²) in [6.07, 6.45) is 1.75. The molecule has 3 atom stereocenters. The third-order valence-corrected chi connectivity index (χ3v) is 2.56. The Kier molecular flexibility index (Phi) is 8.47. The van der Waals surface area contributed by atoms with Gasteiger partial charge in [0.1, 0.15) is 6.54 Å². The Hall–Kier alpha value is -1.24. The van der Waals surface area contributed by atoms with Gasteiger partial charge in [0.2, 0.25) is 18.7 Å². The number of hydrogen-bond acceptors (Lipinski definition) is 4. The first-order chi connectivity index (χ1) is 7.50. The SMILES string of the molecule is C=CC[N+](C(O)C=C)(C(O)C=C)C(O)C=C.[OH-]. The van der Waals surface area contributed by atoms with Gasteiger partial charge in [0.05, 0.1) is 0 Å². The van der Waals surface area contributed by atoms with Crippen LogP contribution >= 0.6 is 0 Å². The van der Waals surface area contributed by atoms with Crippen molar-refractivity contribution in [2.75, 3.05) is 6.54 Å². The number of aliphatic hydroxyl groups excluding tert-OH is 3. The van der Waals surface area contributed by atoms with Gasteiger partial charge >= 0.3 is 0 Å². The first-order valence-corrected chi connectivity index (χ1v) is 4.91. The molecular formula is C12H21NO4. The van der Waals surface area contributed by atoms with E-state index < -0.39 is 23.2 Å². The van der Waals surface area contributed by atoms with Gasteiger partial charge in [-0.2, -0.15) is 0 Å². The zero-order valence-electron chi connectivity index (χ0n) is 9.81. The summed E-state index contributed by atoms with van der Waals surface area (Å²) in [6, 6.07) is 0. The third-order valence-electron chi connectivity index (χ3n) is 2.56. The van der Waals surface area contributed by atoms with E-state index in [1.165, 1.54) is 24.3 Å². The second-order valence-electron chi connectivity index (χ2n) is 3.41. The van der Waals surface area contributed by atoms with Crippen molar-refractivity contribution in [3.05, 3.63) is 50.6 Å². The molecule has 0 aromatic carbocycles. The molecule has 0 bridgehead atoms. The van der Waals surface area contributed by atoms with Gasteiger partial charge in [-0.3, -0.25) is 0 Å². The van der Waals surface area contributed by atoms with Crippen LogP contribution in [0.25, 0.3) is 0 Å². The van der Waals surface area contributed by atoms with Crippen LogP contribution in [0.15, 0.2) is 50.6 Å². The van der Waals surface area contributed by atoms with Crippen LogP contribution in [0, 0.1) is 0 Å². The van der Waals surface area contributed by atoms with Crippen molar-refractivity contribution in [2.24, 2.45) is 0 Å². The highest BCUT2D eigenvalue weighted by molar-refractivity contribution is 4.86. The number of nitrogens with zero attached hydrogens (tertiary/aromatic N) is 1. The zero-order valence-corrected chi connectivity index (χ0v) is 9.81. The number of hydrogen-bond donors (Lipinski definition) is 3. The highest BCUT2D eigenvalue weighted by atomic mass is 16.4. The summed E-state index contributed by atoms with van der Waals surface area (Å²) >= 11 is 0. The van der Waals surface area contributed by atoms with E-state index in [4.69, 9.17) is 0 Å². The Morgan fingerprint density at radius 3 is 1.29 bits per heavy atom. The molecule has 0 spiro atoms. The lowest BCUT2D eigenvalue weighted by molar-refractivity contribution is -1.02. The summed E-state index contributed by atoms with van der Waals surface area (Å²) in [5, 5.41) is 29.7. The molecule has 0 aliphatic heterocycles. The summed E-state index contributed by atoms with van der Waals surface area (Å²) in [6.45, 7) is 14.0. The van der Waals surface area contributed by atoms with E-state index in [0.29, 0.717) is 0 Å². The van der Waals surface area contributed by atoms with Crippen LogP contribution in [0.3, 0.4) is 0 Å². The molecule has 98 valence electrons. The lowest BCUT2D eigenvalue weighted by atomic mass is 10.2. The highest BCUT2D eigenvalue weighted by Gasteiger charge is 2.44. The zero-order chi connectivity index (χ0) is 12.8. The smallest absolute Gasteiger partial charge is 0.215 e. The molecular weight excluding hydrogens is 222 g/mol. The Morgan fingerprint density at radius 1 is 0.824 bits per heavy atom. The summed E-state index contributed by atoms with van der Waals surface area (Å²) in [5.74, 6) is 0. The molecule has 0 radical (unpaired) electrons. The van der Waals surface area contributed by atoms with Crippen molar-refractivity contribution in [3.8, 4) is 0 Å². The van der Waals surface area contributed by atoms with Crippen LogP contribution in [-0.4, -0.2) is 50.5 Å².